The van der Waals surface area contributed by atoms with E-state index >= 15 is 0 Å². The summed E-state index contributed by atoms with van der Waals surface area (Å²) < 4.78 is 5.28. The van der Waals surface area contributed by atoms with Crippen LogP contribution in [0.2, 0.25) is 0 Å². The molecule has 1 saturated carbocycles. The van der Waals surface area contributed by atoms with E-state index in [1.54, 1.807) is 6.08 Å². The van der Waals surface area contributed by atoms with Gasteiger partial charge < -0.3 is 10.1 Å². The summed E-state index contributed by atoms with van der Waals surface area (Å²) >= 11 is 0. The van der Waals surface area contributed by atoms with Crippen LogP contribution in [0.15, 0.2) is 12.2 Å². The highest BCUT2D eigenvalue weighted by atomic mass is 16.5. The Bertz CT molecular complexity index is 269. The van der Waals surface area contributed by atoms with Gasteiger partial charge in [-0.1, -0.05) is 13.0 Å². The maximum absolute atomic E-state index is 11.5. The summed E-state index contributed by atoms with van der Waals surface area (Å²) in [4.78, 5) is 11.5. The quantitative estimate of drug-likeness (QED) is 0.737. The molecular formula is C13H21NO2. The predicted octanol–water partition coefficient (Wildman–Crippen LogP) is 1.74. The molecule has 3 heteroatoms. The van der Waals surface area contributed by atoms with Crippen LogP contribution in [-0.2, 0) is 9.53 Å². The van der Waals surface area contributed by atoms with Crippen LogP contribution in [0.4, 0.5) is 0 Å². The van der Waals surface area contributed by atoms with Gasteiger partial charge in [0.25, 0.3) is 0 Å². The number of ether oxygens (including phenoxy) is 1. The number of rotatable bonds is 4. The van der Waals surface area contributed by atoms with Crippen molar-refractivity contribution in [2.45, 2.75) is 26.2 Å². The van der Waals surface area contributed by atoms with Crippen molar-refractivity contribution in [1.29, 1.82) is 0 Å². The molecule has 1 aliphatic heterocycles. The van der Waals surface area contributed by atoms with Gasteiger partial charge in [-0.05, 0) is 43.1 Å². The molecule has 1 aliphatic carbocycles. The molecule has 2 fully saturated rings. The van der Waals surface area contributed by atoms with E-state index in [0.717, 1.165) is 38.5 Å². The van der Waals surface area contributed by atoms with E-state index in [1.165, 1.54) is 6.42 Å². The summed E-state index contributed by atoms with van der Waals surface area (Å²) in [5, 5.41) is 2.97. The van der Waals surface area contributed by atoms with Crippen LogP contribution in [0.1, 0.15) is 26.2 Å². The summed E-state index contributed by atoms with van der Waals surface area (Å²) in [6.45, 7) is 4.70. The SMILES string of the molecule is CC1CC1C=CC(=O)NCC1CCOCC1. The normalized spacial score (nSPS) is 30.6. The monoisotopic (exact) mass is 223 g/mol. The van der Waals surface area contributed by atoms with Crippen LogP contribution < -0.4 is 5.32 Å². The molecule has 3 nitrogen and oxygen atoms in total. The molecule has 0 spiro atoms. The average Bonchev–Trinajstić information content (AvgIpc) is 3.01. The van der Waals surface area contributed by atoms with Gasteiger partial charge in [-0.2, -0.15) is 0 Å². The lowest BCUT2D eigenvalue weighted by molar-refractivity contribution is -0.116. The Morgan fingerprint density at radius 3 is 2.75 bits per heavy atom. The lowest BCUT2D eigenvalue weighted by atomic mass is 10.0. The highest BCUT2D eigenvalue weighted by Crippen LogP contribution is 2.38. The van der Waals surface area contributed by atoms with Crippen LogP contribution in [-0.4, -0.2) is 25.7 Å². The van der Waals surface area contributed by atoms with Gasteiger partial charge in [-0.3, -0.25) is 4.79 Å². The Hall–Kier alpha value is -0.830. The smallest absolute Gasteiger partial charge is 0.243 e. The summed E-state index contributed by atoms with van der Waals surface area (Å²) in [6.07, 6.45) is 7.13. The van der Waals surface area contributed by atoms with Gasteiger partial charge in [0.15, 0.2) is 0 Å². The predicted molar refractivity (Wildman–Crippen MR) is 63.0 cm³/mol. The molecule has 1 N–H and O–H groups in total. The lowest BCUT2D eigenvalue weighted by Crippen LogP contribution is -2.31. The fraction of sp³-hybridized carbons (Fsp3) is 0.769. The van der Waals surface area contributed by atoms with E-state index in [0.29, 0.717) is 11.8 Å². The van der Waals surface area contributed by atoms with E-state index < -0.39 is 0 Å². The van der Waals surface area contributed by atoms with Gasteiger partial charge in [0, 0.05) is 19.8 Å². The molecular weight excluding hydrogens is 202 g/mol. The van der Waals surface area contributed by atoms with Crippen molar-refractivity contribution in [2.75, 3.05) is 19.8 Å². The van der Waals surface area contributed by atoms with Crippen molar-refractivity contribution < 1.29 is 9.53 Å². The maximum Gasteiger partial charge on any atom is 0.243 e. The van der Waals surface area contributed by atoms with Gasteiger partial charge in [0.2, 0.25) is 5.91 Å². The van der Waals surface area contributed by atoms with Crippen molar-refractivity contribution in [3.8, 4) is 0 Å². The number of hydrogen-bond donors (Lipinski definition) is 1. The maximum atomic E-state index is 11.5. The molecule has 2 rings (SSSR count). The molecule has 0 aromatic carbocycles. The largest absolute Gasteiger partial charge is 0.381 e. The standard InChI is InChI=1S/C13H21NO2/c1-10-8-12(10)2-3-13(15)14-9-11-4-6-16-7-5-11/h2-3,10-12H,4-9H2,1H3,(H,14,15). The first-order valence-electron chi connectivity index (χ1n) is 6.29. The topological polar surface area (TPSA) is 38.3 Å². The zero-order chi connectivity index (χ0) is 11.4. The fourth-order valence-electron chi connectivity index (χ4n) is 2.08. The molecule has 1 saturated heterocycles. The number of carbonyl (C=O) groups is 1. The van der Waals surface area contributed by atoms with E-state index in [9.17, 15) is 4.79 Å². The molecule has 2 atom stereocenters. The van der Waals surface area contributed by atoms with Crippen molar-refractivity contribution in [2.24, 2.45) is 17.8 Å². The molecule has 90 valence electrons. The van der Waals surface area contributed by atoms with E-state index in [-0.39, 0.29) is 5.91 Å². The van der Waals surface area contributed by atoms with Gasteiger partial charge in [-0.25, -0.2) is 0 Å². The molecule has 0 radical (unpaired) electrons. The third-order valence-electron chi connectivity index (χ3n) is 3.57. The molecule has 0 aromatic heterocycles. The van der Waals surface area contributed by atoms with Crippen LogP contribution >= 0.6 is 0 Å². The Labute approximate surface area is 97.2 Å². The average molecular weight is 223 g/mol. The Kier molecular flexibility index (Phi) is 3.99. The summed E-state index contributed by atoms with van der Waals surface area (Å²) in [5.74, 6) is 2.09. The van der Waals surface area contributed by atoms with Crippen LogP contribution in [0.5, 0.6) is 0 Å². The van der Waals surface area contributed by atoms with Gasteiger partial charge in [0.05, 0.1) is 0 Å². The summed E-state index contributed by atoms with van der Waals surface area (Å²) in [7, 11) is 0. The molecule has 16 heavy (non-hydrogen) atoms. The second-order valence-corrected chi connectivity index (χ2v) is 5.04. The number of allylic oxidation sites excluding steroid dienone is 1. The second-order valence-electron chi connectivity index (χ2n) is 5.04. The molecule has 2 unspecified atom stereocenters. The second kappa shape index (κ2) is 5.48. The zero-order valence-electron chi connectivity index (χ0n) is 9.95. The Morgan fingerprint density at radius 1 is 1.44 bits per heavy atom. The molecule has 2 aliphatic rings. The van der Waals surface area contributed by atoms with E-state index in [4.69, 9.17) is 4.74 Å². The minimum Gasteiger partial charge on any atom is -0.381 e. The highest BCUT2D eigenvalue weighted by Gasteiger charge is 2.29. The minimum absolute atomic E-state index is 0.0607. The summed E-state index contributed by atoms with van der Waals surface area (Å²) in [5.41, 5.74) is 0. The van der Waals surface area contributed by atoms with E-state index in [2.05, 4.69) is 12.2 Å². The van der Waals surface area contributed by atoms with E-state index in [1.807, 2.05) is 6.08 Å². The Balaban J connectivity index is 1.61. The van der Waals surface area contributed by atoms with Crippen LogP contribution in [0, 0.1) is 17.8 Å². The first-order chi connectivity index (χ1) is 7.75. The van der Waals surface area contributed by atoms with Crippen molar-refractivity contribution in [3.63, 3.8) is 0 Å². The minimum atomic E-state index is 0.0607. The number of amides is 1. The zero-order valence-corrected chi connectivity index (χ0v) is 9.95. The molecule has 1 heterocycles. The molecule has 0 aromatic rings. The number of nitrogens with one attached hydrogen (secondary N) is 1. The third-order valence-corrected chi connectivity index (χ3v) is 3.57. The fourth-order valence-corrected chi connectivity index (χ4v) is 2.08. The lowest BCUT2D eigenvalue weighted by Gasteiger charge is -2.21. The molecule has 1 amide bonds. The third kappa shape index (κ3) is 3.63. The Morgan fingerprint density at radius 2 is 2.12 bits per heavy atom. The first kappa shape index (κ1) is 11.6. The highest BCUT2D eigenvalue weighted by molar-refractivity contribution is 5.87. The van der Waals surface area contributed by atoms with Gasteiger partial charge >= 0.3 is 0 Å². The van der Waals surface area contributed by atoms with Crippen molar-refractivity contribution in [1.82, 2.24) is 5.32 Å². The summed E-state index contributed by atoms with van der Waals surface area (Å²) in [6, 6.07) is 0. The molecule has 0 bridgehead atoms. The first-order valence-corrected chi connectivity index (χ1v) is 6.29. The van der Waals surface area contributed by atoms with Crippen molar-refractivity contribution in [3.05, 3.63) is 12.2 Å². The van der Waals surface area contributed by atoms with Crippen LogP contribution in [0.25, 0.3) is 0 Å². The van der Waals surface area contributed by atoms with Gasteiger partial charge in [0.1, 0.15) is 0 Å². The van der Waals surface area contributed by atoms with Crippen molar-refractivity contribution >= 4 is 5.91 Å². The van der Waals surface area contributed by atoms with Gasteiger partial charge in [-0.15, -0.1) is 0 Å². The number of hydrogen-bond acceptors (Lipinski definition) is 2. The van der Waals surface area contributed by atoms with Crippen LogP contribution in [0.3, 0.4) is 0 Å². The number of carbonyl (C=O) groups excluding carboxylic acids is 1.